The van der Waals surface area contributed by atoms with Crippen LogP contribution in [0.2, 0.25) is 0 Å². The maximum absolute atomic E-state index is 13.3. The van der Waals surface area contributed by atoms with Gasteiger partial charge in [0.05, 0.1) is 85.1 Å². The number of aryl methyl sites for hydroxylation is 1. The lowest BCUT2D eigenvalue weighted by Gasteiger charge is -2.27. The van der Waals surface area contributed by atoms with Crippen molar-refractivity contribution in [2.24, 2.45) is 5.11 Å². The van der Waals surface area contributed by atoms with E-state index >= 15 is 0 Å². The van der Waals surface area contributed by atoms with Gasteiger partial charge in [0.2, 0.25) is 11.8 Å². The molecule has 4 amide bonds. The third kappa shape index (κ3) is 20.6. The number of carbonyl (C=O) groups excluding carboxylic acids is 4. The van der Waals surface area contributed by atoms with Crippen LogP contribution in [0.15, 0.2) is 84.1 Å². The summed E-state index contributed by atoms with van der Waals surface area (Å²) in [6.45, 7) is 11.4. The minimum atomic E-state index is -1.12. The second-order valence-electron chi connectivity index (χ2n) is 16.5. The van der Waals surface area contributed by atoms with Gasteiger partial charge >= 0.3 is 12.1 Å². The van der Waals surface area contributed by atoms with Gasteiger partial charge in [0.1, 0.15) is 11.4 Å². The van der Waals surface area contributed by atoms with E-state index in [0.29, 0.717) is 96.1 Å². The van der Waals surface area contributed by atoms with Crippen molar-refractivity contribution in [1.29, 1.82) is 0 Å². The number of anilines is 1. The molecule has 0 spiro atoms. The van der Waals surface area contributed by atoms with Crippen molar-refractivity contribution in [3.63, 3.8) is 0 Å². The zero-order valence-electron chi connectivity index (χ0n) is 39.8. The number of pyridine rings is 1. The van der Waals surface area contributed by atoms with Crippen LogP contribution in [-0.4, -0.2) is 138 Å². The van der Waals surface area contributed by atoms with E-state index in [-0.39, 0.29) is 31.8 Å². The van der Waals surface area contributed by atoms with Crippen LogP contribution in [0.5, 0.6) is 0 Å². The Morgan fingerprint density at radius 2 is 1.41 bits per heavy atom. The molecule has 4 N–H and O–H groups in total. The third-order valence-corrected chi connectivity index (χ3v) is 9.95. The molecular weight excluding hydrogens is 893 g/mol. The second-order valence-corrected chi connectivity index (χ2v) is 16.5. The molecule has 0 unspecified atom stereocenters. The summed E-state index contributed by atoms with van der Waals surface area (Å²) in [6.07, 6.45) is 0.861. The van der Waals surface area contributed by atoms with E-state index in [1.807, 2.05) is 49.4 Å². The highest BCUT2D eigenvalue weighted by atomic mass is 16.6. The maximum atomic E-state index is 13.3. The van der Waals surface area contributed by atoms with Crippen LogP contribution in [-0.2, 0) is 42.8 Å². The molecule has 372 valence electrons. The lowest BCUT2D eigenvalue weighted by molar-refractivity contribution is -0.138. The Morgan fingerprint density at radius 1 is 0.783 bits per heavy atom. The number of carboxylic acid groups (broad SMARTS) is 1. The SMILES string of the molecule is Cc1ccnc(N(CCCC(=O)NCC(=O)N[C@@H](CC(=O)O)c2ccc(-c3ccc(C(=O)NCCOCCOCCOCCOCCOCCN=[N+]=[N-])c4ccccc34)cc2)C(=O)OC(C)(C)C)c1. The summed E-state index contributed by atoms with van der Waals surface area (Å²) >= 11 is 0. The molecule has 3 aromatic carbocycles. The summed E-state index contributed by atoms with van der Waals surface area (Å²) in [4.78, 5) is 72.3. The Bertz CT molecular complexity index is 2320. The van der Waals surface area contributed by atoms with Gasteiger partial charge < -0.3 is 49.5 Å². The minimum Gasteiger partial charge on any atom is -0.481 e. The number of aromatic nitrogens is 1. The van der Waals surface area contributed by atoms with Gasteiger partial charge in [-0.15, -0.1) is 0 Å². The molecule has 0 aliphatic heterocycles. The van der Waals surface area contributed by atoms with Gasteiger partial charge in [0.15, 0.2) is 0 Å². The summed E-state index contributed by atoms with van der Waals surface area (Å²) < 4.78 is 32.8. The number of azide groups is 1. The van der Waals surface area contributed by atoms with E-state index in [1.165, 1.54) is 4.90 Å². The molecule has 20 heteroatoms. The van der Waals surface area contributed by atoms with Crippen molar-refractivity contribution in [3.8, 4) is 11.1 Å². The van der Waals surface area contributed by atoms with Crippen LogP contribution in [0, 0.1) is 6.92 Å². The molecular formula is C49H64N8O12. The van der Waals surface area contributed by atoms with E-state index in [2.05, 4.69) is 31.0 Å². The third-order valence-electron chi connectivity index (χ3n) is 9.95. The van der Waals surface area contributed by atoms with Crippen molar-refractivity contribution in [2.75, 3.05) is 97.1 Å². The summed E-state index contributed by atoms with van der Waals surface area (Å²) in [5, 5.41) is 22.9. The van der Waals surface area contributed by atoms with Gasteiger partial charge in [0.25, 0.3) is 5.91 Å². The molecule has 1 heterocycles. The molecule has 0 aliphatic rings. The number of ether oxygens (including phenoxy) is 6. The predicted molar refractivity (Wildman–Crippen MR) is 258 cm³/mol. The van der Waals surface area contributed by atoms with Crippen molar-refractivity contribution in [2.45, 2.75) is 58.6 Å². The summed E-state index contributed by atoms with van der Waals surface area (Å²) in [6, 6.07) is 21.0. The maximum Gasteiger partial charge on any atom is 0.416 e. The molecule has 0 radical (unpaired) electrons. The number of rotatable bonds is 31. The molecule has 0 saturated carbocycles. The number of benzene rings is 3. The Balaban J connectivity index is 1.20. The van der Waals surface area contributed by atoms with E-state index < -0.39 is 41.9 Å². The van der Waals surface area contributed by atoms with Crippen LogP contribution < -0.4 is 20.9 Å². The molecule has 69 heavy (non-hydrogen) atoms. The molecule has 4 aromatic rings. The van der Waals surface area contributed by atoms with Crippen molar-refractivity contribution in [3.05, 3.63) is 106 Å². The fourth-order valence-electron chi connectivity index (χ4n) is 6.73. The first-order valence-corrected chi connectivity index (χ1v) is 22.8. The van der Waals surface area contributed by atoms with Crippen molar-refractivity contribution in [1.82, 2.24) is 20.9 Å². The largest absolute Gasteiger partial charge is 0.481 e. The van der Waals surface area contributed by atoms with E-state index in [4.69, 9.17) is 34.0 Å². The van der Waals surface area contributed by atoms with Crippen LogP contribution >= 0.6 is 0 Å². The summed E-state index contributed by atoms with van der Waals surface area (Å²) in [5.74, 6) is -1.98. The highest BCUT2D eigenvalue weighted by Crippen LogP contribution is 2.32. The van der Waals surface area contributed by atoms with Crippen LogP contribution in [0.25, 0.3) is 32.3 Å². The van der Waals surface area contributed by atoms with Gasteiger partial charge in [-0.1, -0.05) is 59.7 Å². The highest BCUT2D eigenvalue weighted by Gasteiger charge is 2.25. The lowest BCUT2D eigenvalue weighted by atomic mass is 9.93. The van der Waals surface area contributed by atoms with Gasteiger partial charge in [-0.25, -0.2) is 9.78 Å². The standard InChI is InChI=1S/C49H64N8O12/c1-35-17-18-51-43(32-35)57(48(63)69-49(2,3)4)21-7-10-44(58)53-34-45(59)55-42(33-46(60)61)37-13-11-36(12-14-37)38-15-16-41(40-9-6-5-8-39(38)40)47(62)52-19-22-64-24-26-66-28-30-68-31-29-67-27-25-65-23-20-54-56-50/h5-6,8-9,11-18,32,42H,7,10,19-31,33-34H2,1-4H3,(H,52,62)(H,53,58)(H,55,59)(H,60,61)/t42-/m0/s1. The van der Waals surface area contributed by atoms with E-state index in [1.54, 1.807) is 57.3 Å². The Morgan fingerprint density at radius 3 is 2.01 bits per heavy atom. The number of carbonyl (C=O) groups is 5. The number of hydrogen-bond acceptors (Lipinski definition) is 13. The molecule has 0 fully saturated rings. The fourth-order valence-corrected chi connectivity index (χ4v) is 6.73. The number of nitrogens with one attached hydrogen (secondary N) is 3. The van der Waals surface area contributed by atoms with Crippen LogP contribution in [0.1, 0.15) is 67.6 Å². The Labute approximate surface area is 401 Å². The quantitative estimate of drug-likeness (QED) is 0.0187. The van der Waals surface area contributed by atoms with Crippen molar-refractivity contribution >= 4 is 46.4 Å². The van der Waals surface area contributed by atoms with Gasteiger partial charge in [-0.05, 0) is 90.9 Å². The lowest BCUT2D eigenvalue weighted by Crippen LogP contribution is -2.40. The van der Waals surface area contributed by atoms with E-state index in [9.17, 15) is 29.1 Å². The molecule has 0 saturated heterocycles. The molecule has 4 rings (SSSR count). The predicted octanol–water partition coefficient (Wildman–Crippen LogP) is 6.30. The zero-order valence-corrected chi connectivity index (χ0v) is 39.8. The summed E-state index contributed by atoms with van der Waals surface area (Å²) in [7, 11) is 0. The molecule has 20 nitrogen and oxygen atoms in total. The topological polar surface area (TPSA) is 262 Å². The number of fused-ring (bicyclic) bond motifs is 1. The number of carboxylic acids is 1. The zero-order chi connectivity index (χ0) is 49.9. The molecule has 1 aromatic heterocycles. The molecule has 0 aliphatic carbocycles. The monoisotopic (exact) mass is 956 g/mol. The average Bonchev–Trinajstić information content (AvgIpc) is 3.31. The van der Waals surface area contributed by atoms with Crippen molar-refractivity contribution < 1.29 is 57.5 Å². The number of amides is 4. The van der Waals surface area contributed by atoms with Gasteiger partial charge in [-0.3, -0.25) is 24.1 Å². The normalized spacial score (nSPS) is 11.6. The second kappa shape index (κ2) is 30.0. The number of hydrogen-bond donors (Lipinski definition) is 4. The number of nitrogens with zero attached hydrogens (tertiary/aromatic N) is 5. The van der Waals surface area contributed by atoms with Gasteiger partial charge in [0, 0.05) is 42.7 Å². The number of aliphatic carboxylic acids is 1. The molecule has 0 bridgehead atoms. The van der Waals surface area contributed by atoms with Crippen LogP contribution in [0.4, 0.5) is 10.6 Å². The van der Waals surface area contributed by atoms with Crippen LogP contribution in [0.3, 0.4) is 0 Å². The average molecular weight is 957 g/mol. The first-order valence-electron chi connectivity index (χ1n) is 22.8. The molecule has 1 atom stereocenters. The van der Waals surface area contributed by atoms with Gasteiger partial charge in [-0.2, -0.15) is 0 Å². The first kappa shape index (κ1) is 54.9. The van der Waals surface area contributed by atoms with E-state index in [0.717, 1.165) is 27.5 Å². The Hall–Kier alpha value is -6.67. The first-order chi connectivity index (χ1) is 33.3. The smallest absolute Gasteiger partial charge is 0.416 e. The Kier molecular flexibility index (Phi) is 23.8. The summed E-state index contributed by atoms with van der Waals surface area (Å²) in [5.41, 5.74) is 11.1. The fraction of sp³-hybridized carbons (Fsp3) is 0.469. The minimum absolute atomic E-state index is 0.00479. The highest BCUT2D eigenvalue weighted by molar-refractivity contribution is 6.11.